The van der Waals surface area contributed by atoms with Crippen molar-refractivity contribution in [1.82, 2.24) is 14.9 Å². The monoisotopic (exact) mass is 377 g/mol. The number of carbonyl (C=O) groups excluding carboxylic acids is 1. The summed E-state index contributed by atoms with van der Waals surface area (Å²) in [5, 5.41) is 6.77. The maximum atomic E-state index is 11.9. The van der Waals surface area contributed by atoms with E-state index in [-0.39, 0.29) is 11.9 Å². The summed E-state index contributed by atoms with van der Waals surface area (Å²) in [7, 11) is 0. The molecule has 0 spiro atoms. The van der Waals surface area contributed by atoms with Crippen LogP contribution in [0.2, 0.25) is 0 Å². The normalized spacial score (nSPS) is 18.9. The molecule has 0 bridgehead atoms. The van der Waals surface area contributed by atoms with Gasteiger partial charge < -0.3 is 15.5 Å². The van der Waals surface area contributed by atoms with Crippen LogP contribution in [-0.2, 0) is 17.6 Å². The van der Waals surface area contributed by atoms with Gasteiger partial charge in [-0.1, -0.05) is 12.6 Å². The van der Waals surface area contributed by atoms with Gasteiger partial charge in [0, 0.05) is 31.0 Å². The van der Waals surface area contributed by atoms with Crippen molar-refractivity contribution in [2.24, 2.45) is 0 Å². The molecule has 6 nitrogen and oxygen atoms in total. The van der Waals surface area contributed by atoms with Crippen LogP contribution in [0.3, 0.4) is 0 Å². The largest absolute Gasteiger partial charge is 0.365 e. The highest BCUT2D eigenvalue weighted by atomic mass is 16.2. The van der Waals surface area contributed by atoms with Crippen molar-refractivity contribution in [2.45, 2.75) is 44.6 Å². The molecule has 1 aromatic carbocycles. The molecule has 1 amide bonds. The van der Waals surface area contributed by atoms with Crippen molar-refractivity contribution in [3.63, 3.8) is 0 Å². The summed E-state index contributed by atoms with van der Waals surface area (Å²) < 4.78 is 0. The summed E-state index contributed by atoms with van der Waals surface area (Å²) in [6.45, 7) is 5.04. The fourth-order valence-corrected chi connectivity index (χ4v) is 4.07. The lowest BCUT2D eigenvalue weighted by Crippen LogP contribution is -2.44. The molecule has 1 fully saturated rings. The molecule has 2 N–H and O–H groups in total. The first-order chi connectivity index (χ1) is 13.7. The van der Waals surface area contributed by atoms with Gasteiger partial charge in [0.2, 0.25) is 11.9 Å². The number of carbonyl (C=O) groups is 1. The molecule has 1 aromatic heterocycles. The van der Waals surface area contributed by atoms with Crippen LogP contribution in [-0.4, -0.2) is 39.9 Å². The van der Waals surface area contributed by atoms with Gasteiger partial charge in [0.1, 0.15) is 5.82 Å². The van der Waals surface area contributed by atoms with E-state index in [4.69, 9.17) is 0 Å². The average molecular weight is 377 g/mol. The Hall–Kier alpha value is -2.89. The molecule has 1 saturated heterocycles. The SMILES string of the molecule is C=CC(=O)N1CCCC(Nc2ccnc(Nc3ccc4c(c3)CCCC4)n2)C1. The van der Waals surface area contributed by atoms with Gasteiger partial charge >= 0.3 is 0 Å². The molecule has 2 aromatic rings. The smallest absolute Gasteiger partial charge is 0.246 e. The quantitative estimate of drug-likeness (QED) is 0.778. The van der Waals surface area contributed by atoms with Crippen LogP contribution >= 0.6 is 0 Å². The van der Waals surface area contributed by atoms with Crippen molar-refractivity contribution in [3.05, 3.63) is 54.2 Å². The zero-order valence-corrected chi connectivity index (χ0v) is 16.2. The van der Waals surface area contributed by atoms with E-state index < -0.39 is 0 Å². The summed E-state index contributed by atoms with van der Waals surface area (Å²) in [5.74, 6) is 1.34. The Morgan fingerprint density at radius 2 is 2.04 bits per heavy atom. The third-order valence-electron chi connectivity index (χ3n) is 5.52. The number of anilines is 3. The van der Waals surface area contributed by atoms with Gasteiger partial charge in [-0.2, -0.15) is 4.98 Å². The van der Waals surface area contributed by atoms with Gasteiger partial charge in [0.15, 0.2) is 0 Å². The van der Waals surface area contributed by atoms with Crippen LogP contribution in [0.4, 0.5) is 17.5 Å². The summed E-state index contributed by atoms with van der Waals surface area (Å²) in [5.41, 5.74) is 3.92. The first-order valence-electron chi connectivity index (χ1n) is 10.1. The standard InChI is InChI=1S/C22H27N5O/c1-2-21(28)27-13-5-8-19(15-27)24-20-11-12-23-22(26-20)25-18-10-9-16-6-3-4-7-17(16)14-18/h2,9-12,14,19H,1,3-8,13,15H2,(H2,23,24,25,26). The zero-order chi connectivity index (χ0) is 19.3. The molecule has 146 valence electrons. The maximum Gasteiger partial charge on any atom is 0.246 e. The minimum absolute atomic E-state index is 0.0102. The number of aromatic nitrogens is 2. The molecule has 1 aliphatic heterocycles. The number of benzene rings is 1. The average Bonchev–Trinajstić information content (AvgIpc) is 2.73. The Bertz CT molecular complexity index is 866. The first kappa shape index (κ1) is 18.5. The Kier molecular flexibility index (Phi) is 5.55. The van der Waals surface area contributed by atoms with E-state index in [1.165, 1.54) is 36.5 Å². The van der Waals surface area contributed by atoms with Crippen molar-refractivity contribution < 1.29 is 4.79 Å². The van der Waals surface area contributed by atoms with Gasteiger partial charge in [-0.15, -0.1) is 0 Å². The highest BCUT2D eigenvalue weighted by Gasteiger charge is 2.22. The van der Waals surface area contributed by atoms with Crippen LogP contribution < -0.4 is 10.6 Å². The number of aryl methyl sites for hydroxylation is 2. The van der Waals surface area contributed by atoms with Crippen LogP contribution in [0.1, 0.15) is 36.8 Å². The number of hydrogen-bond donors (Lipinski definition) is 2. The van der Waals surface area contributed by atoms with Crippen LogP contribution in [0.15, 0.2) is 43.1 Å². The molecule has 28 heavy (non-hydrogen) atoms. The number of nitrogens with one attached hydrogen (secondary N) is 2. The number of rotatable bonds is 5. The molecule has 1 unspecified atom stereocenters. The van der Waals surface area contributed by atoms with Crippen molar-refractivity contribution in [3.8, 4) is 0 Å². The van der Waals surface area contributed by atoms with Crippen molar-refractivity contribution in [2.75, 3.05) is 23.7 Å². The number of piperidine rings is 1. The molecule has 1 aliphatic carbocycles. The van der Waals surface area contributed by atoms with Crippen molar-refractivity contribution >= 4 is 23.4 Å². The topological polar surface area (TPSA) is 70.2 Å². The van der Waals surface area contributed by atoms with Gasteiger partial charge in [0.05, 0.1) is 0 Å². The molecular formula is C22H27N5O. The number of nitrogens with zero attached hydrogens (tertiary/aromatic N) is 3. The van der Waals surface area contributed by atoms with E-state index in [1.54, 1.807) is 6.20 Å². The number of amides is 1. The Balaban J connectivity index is 1.42. The molecule has 0 saturated carbocycles. The molecule has 0 radical (unpaired) electrons. The minimum Gasteiger partial charge on any atom is -0.365 e. The second-order valence-corrected chi connectivity index (χ2v) is 7.55. The fraction of sp³-hybridized carbons (Fsp3) is 0.409. The zero-order valence-electron chi connectivity index (χ0n) is 16.2. The second kappa shape index (κ2) is 8.42. The van der Waals surface area contributed by atoms with Crippen LogP contribution in [0.25, 0.3) is 0 Å². The van der Waals surface area contributed by atoms with Crippen LogP contribution in [0.5, 0.6) is 0 Å². The number of hydrogen-bond acceptors (Lipinski definition) is 5. The lowest BCUT2D eigenvalue weighted by molar-refractivity contribution is -0.127. The lowest BCUT2D eigenvalue weighted by Gasteiger charge is -2.32. The fourth-order valence-electron chi connectivity index (χ4n) is 4.07. The predicted octanol–water partition coefficient (Wildman–Crippen LogP) is 3.69. The van der Waals surface area contributed by atoms with E-state index >= 15 is 0 Å². The highest BCUT2D eigenvalue weighted by Crippen LogP contribution is 2.25. The molecule has 1 atom stereocenters. The molecule has 4 rings (SSSR count). The summed E-state index contributed by atoms with van der Waals surface area (Å²) in [6.07, 6.45) is 10.0. The molecule has 2 heterocycles. The highest BCUT2D eigenvalue weighted by molar-refractivity contribution is 5.87. The van der Waals surface area contributed by atoms with Gasteiger partial charge in [0.25, 0.3) is 0 Å². The van der Waals surface area contributed by atoms with E-state index in [9.17, 15) is 4.79 Å². The first-order valence-corrected chi connectivity index (χ1v) is 10.1. The summed E-state index contributed by atoms with van der Waals surface area (Å²) in [4.78, 5) is 22.7. The Labute approximate surface area is 166 Å². The van der Waals surface area contributed by atoms with E-state index in [0.29, 0.717) is 12.5 Å². The van der Waals surface area contributed by atoms with E-state index in [0.717, 1.165) is 37.3 Å². The van der Waals surface area contributed by atoms with E-state index in [2.05, 4.69) is 45.4 Å². The summed E-state index contributed by atoms with van der Waals surface area (Å²) in [6, 6.07) is 8.59. The summed E-state index contributed by atoms with van der Waals surface area (Å²) >= 11 is 0. The van der Waals surface area contributed by atoms with Gasteiger partial charge in [-0.25, -0.2) is 4.98 Å². The molecule has 6 heteroatoms. The Morgan fingerprint density at radius 1 is 1.18 bits per heavy atom. The number of likely N-dealkylation sites (tertiary alicyclic amines) is 1. The maximum absolute atomic E-state index is 11.9. The predicted molar refractivity (Wildman–Crippen MR) is 112 cm³/mol. The van der Waals surface area contributed by atoms with Crippen LogP contribution in [0, 0.1) is 0 Å². The minimum atomic E-state index is -0.0102. The van der Waals surface area contributed by atoms with Gasteiger partial charge in [-0.05, 0) is 73.9 Å². The van der Waals surface area contributed by atoms with E-state index in [1.807, 2.05) is 11.0 Å². The molecular weight excluding hydrogens is 350 g/mol. The Morgan fingerprint density at radius 3 is 2.89 bits per heavy atom. The number of fused-ring (bicyclic) bond motifs is 1. The lowest BCUT2D eigenvalue weighted by atomic mass is 9.91. The van der Waals surface area contributed by atoms with Crippen molar-refractivity contribution in [1.29, 1.82) is 0 Å². The molecule has 2 aliphatic rings. The second-order valence-electron chi connectivity index (χ2n) is 7.55. The van der Waals surface area contributed by atoms with Gasteiger partial charge in [-0.3, -0.25) is 4.79 Å². The third kappa shape index (κ3) is 4.32. The third-order valence-corrected chi connectivity index (χ3v) is 5.52.